The van der Waals surface area contributed by atoms with Gasteiger partial charge in [0.05, 0.1) is 26.4 Å². The van der Waals surface area contributed by atoms with Gasteiger partial charge in [-0.3, -0.25) is 37.3 Å². The SMILES string of the molecule is CCCCCCCCCCCCCCCCCCCCCCC(=O)O[C@H](COC(=O)CCCCCCCCCCCCCCCCCCC(C)C)COP(=O)(O)OC[C@@H](O)COP(=O)(O)OC[C@@H](COC(=O)CCCCCCCCCCCC(C)C)OC(=O)CCCCCCCCCCCCCCCCCC. The highest BCUT2D eigenvalue weighted by molar-refractivity contribution is 7.47. The van der Waals surface area contributed by atoms with Crippen LogP contribution in [0.4, 0.5) is 0 Å². The molecular weight excluding hydrogens is 1390 g/mol. The molecule has 0 radical (unpaired) electrons. The molecule has 0 aromatic rings. The fourth-order valence-electron chi connectivity index (χ4n) is 13.8. The molecule has 0 aliphatic heterocycles. The third-order valence-electron chi connectivity index (χ3n) is 20.7. The summed E-state index contributed by atoms with van der Waals surface area (Å²) in [5, 5.41) is 10.7. The van der Waals surface area contributed by atoms with Gasteiger partial charge in [-0.05, 0) is 37.5 Å². The third-order valence-corrected chi connectivity index (χ3v) is 22.6. The monoisotopic (exact) mass is 1560 g/mol. The lowest BCUT2D eigenvalue weighted by atomic mass is 10.0. The Morgan fingerprint density at radius 2 is 0.430 bits per heavy atom. The molecule has 3 N–H and O–H groups in total. The van der Waals surface area contributed by atoms with Gasteiger partial charge < -0.3 is 33.8 Å². The first-order chi connectivity index (χ1) is 51.9. The van der Waals surface area contributed by atoms with Gasteiger partial charge in [-0.2, -0.15) is 0 Å². The van der Waals surface area contributed by atoms with Crippen molar-refractivity contribution in [1.82, 2.24) is 0 Å². The molecule has 0 aliphatic carbocycles. The van der Waals surface area contributed by atoms with Crippen molar-refractivity contribution in [2.24, 2.45) is 11.8 Å². The van der Waals surface area contributed by atoms with Crippen molar-refractivity contribution < 1.29 is 80.2 Å². The minimum atomic E-state index is -4.97. The highest BCUT2D eigenvalue weighted by Gasteiger charge is 2.30. The lowest BCUT2D eigenvalue weighted by molar-refractivity contribution is -0.161. The zero-order valence-corrected chi connectivity index (χ0v) is 72.2. The van der Waals surface area contributed by atoms with Crippen LogP contribution in [-0.2, 0) is 65.4 Å². The summed E-state index contributed by atoms with van der Waals surface area (Å²) in [6, 6.07) is 0. The largest absolute Gasteiger partial charge is 0.472 e. The van der Waals surface area contributed by atoms with Gasteiger partial charge in [0.15, 0.2) is 12.2 Å². The van der Waals surface area contributed by atoms with Crippen LogP contribution in [0.3, 0.4) is 0 Å². The number of aliphatic hydroxyl groups is 1. The summed E-state index contributed by atoms with van der Waals surface area (Å²) >= 11 is 0. The molecule has 17 nitrogen and oxygen atoms in total. The van der Waals surface area contributed by atoms with Crippen LogP contribution in [0.15, 0.2) is 0 Å². The molecule has 0 saturated carbocycles. The minimum absolute atomic E-state index is 0.108. The van der Waals surface area contributed by atoms with Crippen molar-refractivity contribution >= 4 is 39.5 Å². The first-order valence-electron chi connectivity index (χ1n) is 45.5. The van der Waals surface area contributed by atoms with Crippen LogP contribution >= 0.6 is 15.6 Å². The Bertz CT molecular complexity index is 2050. The zero-order chi connectivity index (χ0) is 78.5. The first kappa shape index (κ1) is 105. The molecule has 0 aliphatic rings. The lowest BCUT2D eigenvalue weighted by Crippen LogP contribution is -2.30. The second-order valence-corrected chi connectivity index (χ2v) is 35.5. The Labute approximate surface area is 658 Å². The molecule has 2 unspecified atom stereocenters. The van der Waals surface area contributed by atoms with Crippen molar-refractivity contribution in [2.45, 2.75) is 490 Å². The molecule has 0 aromatic heterocycles. The van der Waals surface area contributed by atoms with E-state index in [0.29, 0.717) is 25.7 Å². The van der Waals surface area contributed by atoms with Gasteiger partial charge in [-0.1, -0.05) is 420 Å². The number of carbonyl (C=O) groups excluding carboxylic acids is 4. The summed E-state index contributed by atoms with van der Waals surface area (Å²) < 4.78 is 69.0. The van der Waals surface area contributed by atoms with Gasteiger partial charge in [0, 0.05) is 25.7 Å². The van der Waals surface area contributed by atoms with Crippen LogP contribution in [0, 0.1) is 11.8 Å². The number of phosphoric ester groups is 2. The summed E-state index contributed by atoms with van der Waals surface area (Å²) in [6.45, 7) is 9.70. The Kier molecular flexibility index (Phi) is 77.9. The van der Waals surface area contributed by atoms with E-state index >= 15 is 0 Å². The number of phosphoric acid groups is 2. The van der Waals surface area contributed by atoms with Crippen LogP contribution in [0.5, 0.6) is 0 Å². The number of hydrogen-bond donors (Lipinski definition) is 3. The van der Waals surface area contributed by atoms with E-state index in [-0.39, 0.29) is 25.7 Å². The average Bonchev–Trinajstić information content (AvgIpc) is 0.900. The number of hydrogen-bond acceptors (Lipinski definition) is 15. The maximum Gasteiger partial charge on any atom is 0.472 e. The van der Waals surface area contributed by atoms with Crippen LogP contribution in [0.1, 0.15) is 472 Å². The molecule has 0 spiro atoms. The Morgan fingerprint density at radius 3 is 0.636 bits per heavy atom. The third kappa shape index (κ3) is 81.9. The number of ether oxygens (including phenoxy) is 4. The van der Waals surface area contributed by atoms with Gasteiger partial charge in [0.25, 0.3) is 0 Å². The van der Waals surface area contributed by atoms with Crippen molar-refractivity contribution in [2.75, 3.05) is 39.6 Å². The molecule has 19 heteroatoms. The fraction of sp³-hybridized carbons (Fsp3) is 0.955. The first-order valence-corrected chi connectivity index (χ1v) is 48.5. The summed E-state index contributed by atoms with van der Waals surface area (Å²) in [4.78, 5) is 73.3. The molecule has 0 fully saturated rings. The molecule has 0 aromatic carbocycles. The van der Waals surface area contributed by atoms with E-state index in [0.717, 1.165) is 102 Å². The van der Waals surface area contributed by atoms with Gasteiger partial charge in [0.1, 0.15) is 19.3 Å². The second kappa shape index (κ2) is 79.3. The van der Waals surface area contributed by atoms with Crippen molar-refractivity contribution in [3.63, 3.8) is 0 Å². The quantitative estimate of drug-likeness (QED) is 0.0222. The molecule has 5 atom stereocenters. The number of unbranched alkanes of at least 4 members (excludes halogenated alkanes) is 57. The maximum absolute atomic E-state index is 13.2. The molecule has 0 rings (SSSR count). The van der Waals surface area contributed by atoms with Crippen LogP contribution < -0.4 is 0 Å². The molecule has 0 bridgehead atoms. The number of aliphatic hydroxyl groups excluding tert-OH is 1. The molecular formula is C88H172O17P2. The molecule has 107 heavy (non-hydrogen) atoms. The Balaban J connectivity index is 5.25. The standard InChI is InChI=1S/C88H172O17P2/c1-7-9-11-13-15-17-19-21-23-25-26-27-28-34-38-42-48-55-61-67-73-87(92)104-83(76-98-85(90)70-64-58-52-46-40-36-33-30-29-31-35-39-44-50-56-62-68-80(3)4)78-102-106(94,95)100-74-82(89)75-101-107(96,97)103-79-84(77-99-86(91)71-65-59-53-49-43-45-51-57-63-69-81(5)6)105-88(93)72-66-60-54-47-41-37-32-24-22-20-18-16-14-12-10-8-2/h80-84,89H,7-79H2,1-6H3,(H,94,95)(H,96,97)/t82-,83-,84-/m1/s1. The van der Waals surface area contributed by atoms with E-state index in [1.165, 1.54) is 289 Å². The van der Waals surface area contributed by atoms with Crippen molar-refractivity contribution in [3.05, 3.63) is 0 Å². The van der Waals surface area contributed by atoms with Crippen LogP contribution in [0.25, 0.3) is 0 Å². The van der Waals surface area contributed by atoms with E-state index in [9.17, 15) is 43.2 Å². The van der Waals surface area contributed by atoms with Gasteiger partial charge >= 0.3 is 39.5 Å². The van der Waals surface area contributed by atoms with Crippen LogP contribution in [0.2, 0.25) is 0 Å². The van der Waals surface area contributed by atoms with E-state index in [2.05, 4.69) is 41.5 Å². The molecule has 0 saturated heterocycles. The lowest BCUT2D eigenvalue weighted by Gasteiger charge is -2.21. The number of esters is 4. The number of carbonyl (C=O) groups is 4. The Hall–Kier alpha value is -1.94. The van der Waals surface area contributed by atoms with E-state index in [4.69, 9.17) is 37.0 Å². The van der Waals surface area contributed by atoms with Gasteiger partial charge in [-0.15, -0.1) is 0 Å². The minimum Gasteiger partial charge on any atom is -0.462 e. The van der Waals surface area contributed by atoms with E-state index in [1.54, 1.807) is 0 Å². The smallest absolute Gasteiger partial charge is 0.462 e. The summed E-state index contributed by atoms with van der Waals surface area (Å²) in [7, 11) is -9.93. The fourth-order valence-corrected chi connectivity index (χ4v) is 15.4. The predicted octanol–water partition coefficient (Wildman–Crippen LogP) is 27.0. The molecule has 0 heterocycles. The van der Waals surface area contributed by atoms with E-state index < -0.39 is 97.5 Å². The molecule has 636 valence electrons. The van der Waals surface area contributed by atoms with Crippen molar-refractivity contribution in [3.8, 4) is 0 Å². The zero-order valence-electron chi connectivity index (χ0n) is 70.5. The van der Waals surface area contributed by atoms with Crippen LogP contribution in [-0.4, -0.2) is 96.7 Å². The summed E-state index contributed by atoms with van der Waals surface area (Å²) in [5.74, 6) is -0.542. The number of rotatable bonds is 87. The Morgan fingerprint density at radius 1 is 0.252 bits per heavy atom. The van der Waals surface area contributed by atoms with Crippen molar-refractivity contribution in [1.29, 1.82) is 0 Å². The maximum atomic E-state index is 13.2. The summed E-state index contributed by atoms with van der Waals surface area (Å²) in [5.41, 5.74) is 0. The summed E-state index contributed by atoms with van der Waals surface area (Å²) in [6.07, 6.45) is 72.2. The van der Waals surface area contributed by atoms with E-state index in [1.807, 2.05) is 0 Å². The van der Waals surface area contributed by atoms with Gasteiger partial charge in [-0.25, -0.2) is 9.13 Å². The molecule has 0 amide bonds. The van der Waals surface area contributed by atoms with Gasteiger partial charge in [0.2, 0.25) is 0 Å². The predicted molar refractivity (Wildman–Crippen MR) is 442 cm³/mol. The normalized spacial score (nSPS) is 13.8. The second-order valence-electron chi connectivity index (χ2n) is 32.6. The highest BCUT2D eigenvalue weighted by Crippen LogP contribution is 2.45. The average molecular weight is 1560 g/mol. The highest BCUT2D eigenvalue weighted by atomic mass is 31.2. The topological polar surface area (TPSA) is 237 Å².